The summed E-state index contributed by atoms with van der Waals surface area (Å²) in [6.45, 7) is 11.1. The molecule has 1 aromatic carbocycles. The molecular formula is C25H39N3O5S. The standard InChI is InChI=1S/C25H39N3O5S/c1-19-6-4-11-27(17-19)25(2,3)18-26-24(29)20-9-12-28(13-10-20)34(30,31)21-7-8-22-23(16-21)33-15-5-14-32-22/h7-8,16,19-20H,4-6,9-15,17-18H2,1-3H3,(H,26,29). The molecule has 9 heteroatoms. The predicted molar refractivity (Wildman–Crippen MR) is 131 cm³/mol. The van der Waals surface area contributed by atoms with Crippen LogP contribution in [0.5, 0.6) is 11.5 Å². The van der Waals surface area contributed by atoms with E-state index < -0.39 is 10.0 Å². The molecule has 34 heavy (non-hydrogen) atoms. The minimum Gasteiger partial charge on any atom is -0.490 e. The Morgan fingerprint density at radius 2 is 1.76 bits per heavy atom. The van der Waals surface area contributed by atoms with Crippen molar-refractivity contribution in [1.82, 2.24) is 14.5 Å². The molecule has 1 atom stereocenters. The number of fused-ring (bicyclic) bond motifs is 1. The summed E-state index contributed by atoms with van der Waals surface area (Å²) < 4.78 is 39.2. The van der Waals surface area contributed by atoms with Gasteiger partial charge in [0.2, 0.25) is 15.9 Å². The molecule has 1 aromatic rings. The third-order valence-electron chi connectivity index (χ3n) is 7.39. The highest BCUT2D eigenvalue weighted by Gasteiger charge is 2.35. The lowest BCUT2D eigenvalue weighted by atomic mass is 9.93. The summed E-state index contributed by atoms with van der Waals surface area (Å²) in [6, 6.07) is 4.79. The Morgan fingerprint density at radius 1 is 1.06 bits per heavy atom. The Balaban J connectivity index is 1.31. The quantitative estimate of drug-likeness (QED) is 0.656. The number of nitrogens with zero attached hydrogens (tertiary/aromatic N) is 2. The van der Waals surface area contributed by atoms with Crippen LogP contribution in [0.1, 0.15) is 52.9 Å². The molecule has 4 rings (SSSR count). The van der Waals surface area contributed by atoms with Gasteiger partial charge in [-0.05, 0) is 64.1 Å². The molecule has 3 aliphatic heterocycles. The van der Waals surface area contributed by atoms with Crippen LogP contribution in [0.3, 0.4) is 0 Å². The van der Waals surface area contributed by atoms with Gasteiger partial charge >= 0.3 is 0 Å². The van der Waals surface area contributed by atoms with Gasteiger partial charge in [0.1, 0.15) is 0 Å². The zero-order chi connectivity index (χ0) is 24.3. The van der Waals surface area contributed by atoms with Gasteiger partial charge in [-0.25, -0.2) is 8.42 Å². The number of hydrogen-bond acceptors (Lipinski definition) is 6. The van der Waals surface area contributed by atoms with Crippen molar-refractivity contribution in [3.05, 3.63) is 18.2 Å². The van der Waals surface area contributed by atoms with E-state index in [1.165, 1.54) is 17.1 Å². The maximum atomic E-state index is 13.2. The highest BCUT2D eigenvalue weighted by Crippen LogP contribution is 2.34. The molecule has 0 saturated carbocycles. The number of nitrogens with one attached hydrogen (secondary N) is 1. The molecule has 1 amide bonds. The fourth-order valence-electron chi connectivity index (χ4n) is 5.11. The second-order valence-electron chi connectivity index (χ2n) is 10.6. The van der Waals surface area contributed by atoms with Gasteiger partial charge in [-0.2, -0.15) is 4.31 Å². The van der Waals surface area contributed by atoms with Gasteiger partial charge in [0.15, 0.2) is 11.5 Å². The Labute approximate surface area is 204 Å². The van der Waals surface area contributed by atoms with Crippen LogP contribution in [0.2, 0.25) is 0 Å². The summed E-state index contributed by atoms with van der Waals surface area (Å²) >= 11 is 0. The van der Waals surface area contributed by atoms with E-state index in [2.05, 4.69) is 31.0 Å². The fourth-order valence-corrected chi connectivity index (χ4v) is 6.60. The Hall–Kier alpha value is -1.84. The number of ether oxygens (including phenoxy) is 2. The zero-order valence-electron chi connectivity index (χ0n) is 20.7. The molecule has 3 heterocycles. The van der Waals surface area contributed by atoms with Crippen LogP contribution in [-0.4, -0.2) is 75.0 Å². The van der Waals surface area contributed by atoms with E-state index in [9.17, 15) is 13.2 Å². The van der Waals surface area contributed by atoms with Crippen molar-refractivity contribution in [3.63, 3.8) is 0 Å². The van der Waals surface area contributed by atoms with Crippen molar-refractivity contribution >= 4 is 15.9 Å². The van der Waals surface area contributed by atoms with Crippen LogP contribution in [0.4, 0.5) is 0 Å². The molecule has 0 spiro atoms. The highest BCUT2D eigenvalue weighted by molar-refractivity contribution is 7.89. The molecule has 3 aliphatic rings. The first-order valence-corrected chi connectivity index (χ1v) is 14.0. The summed E-state index contributed by atoms with van der Waals surface area (Å²) in [5.74, 6) is 1.61. The van der Waals surface area contributed by atoms with Gasteiger partial charge in [0.25, 0.3) is 0 Å². The summed E-state index contributed by atoms with van der Waals surface area (Å²) in [5, 5.41) is 3.15. The summed E-state index contributed by atoms with van der Waals surface area (Å²) in [6.07, 6.45) is 4.29. The number of rotatable bonds is 6. The summed E-state index contributed by atoms with van der Waals surface area (Å²) in [5.41, 5.74) is -0.0918. The van der Waals surface area contributed by atoms with Crippen molar-refractivity contribution < 1.29 is 22.7 Å². The topological polar surface area (TPSA) is 88.2 Å². The van der Waals surface area contributed by atoms with Gasteiger partial charge in [0.05, 0.1) is 18.1 Å². The first-order valence-electron chi connectivity index (χ1n) is 12.6. The highest BCUT2D eigenvalue weighted by atomic mass is 32.2. The van der Waals surface area contributed by atoms with E-state index in [1.54, 1.807) is 18.2 Å². The lowest BCUT2D eigenvalue weighted by molar-refractivity contribution is -0.126. The van der Waals surface area contributed by atoms with E-state index in [0.29, 0.717) is 63.1 Å². The molecular weight excluding hydrogens is 454 g/mol. The van der Waals surface area contributed by atoms with E-state index in [4.69, 9.17) is 9.47 Å². The molecule has 2 fully saturated rings. The molecule has 0 aliphatic carbocycles. The van der Waals surface area contributed by atoms with Crippen molar-refractivity contribution in [2.45, 2.75) is 63.3 Å². The minimum absolute atomic E-state index is 0.0331. The normalized spacial score (nSPS) is 23.3. The predicted octanol–water partition coefficient (Wildman–Crippen LogP) is 2.88. The second-order valence-corrected chi connectivity index (χ2v) is 12.5. The van der Waals surface area contributed by atoms with Gasteiger partial charge in [-0.3, -0.25) is 9.69 Å². The largest absolute Gasteiger partial charge is 0.490 e. The van der Waals surface area contributed by atoms with Gasteiger partial charge in [-0.1, -0.05) is 6.92 Å². The monoisotopic (exact) mass is 493 g/mol. The Kier molecular flexibility index (Phi) is 7.74. The van der Waals surface area contributed by atoms with Crippen LogP contribution in [0.25, 0.3) is 0 Å². The first kappa shape index (κ1) is 25.3. The number of piperidine rings is 2. The second kappa shape index (κ2) is 10.4. The van der Waals surface area contributed by atoms with Gasteiger partial charge < -0.3 is 14.8 Å². The van der Waals surface area contributed by atoms with Crippen LogP contribution >= 0.6 is 0 Å². The molecule has 0 aromatic heterocycles. The third-order valence-corrected chi connectivity index (χ3v) is 9.28. The van der Waals surface area contributed by atoms with Crippen molar-refractivity contribution in [1.29, 1.82) is 0 Å². The number of carbonyl (C=O) groups excluding carboxylic acids is 1. The van der Waals surface area contributed by atoms with Crippen LogP contribution in [0.15, 0.2) is 23.1 Å². The molecule has 2 saturated heterocycles. The lowest BCUT2D eigenvalue weighted by Gasteiger charge is -2.43. The Morgan fingerprint density at radius 3 is 2.47 bits per heavy atom. The number of hydrogen-bond donors (Lipinski definition) is 1. The molecule has 1 unspecified atom stereocenters. The van der Waals surface area contributed by atoms with Gasteiger partial charge in [0, 0.05) is 50.1 Å². The van der Waals surface area contributed by atoms with Gasteiger partial charge in [-0.15, -0.1) is 0 Å². The van der Waals surface area contributed by atoms with Crippen LogP contribution in [-0.2, 0) is 14.8 Å². The fraction of sp³-hybridized carbons (Fsp3) is 0.720. The molecule has 0 bridgehead atoms. The maximum Gasteiger partial charge on any atom is 0.243 e. The van der Waals surface area contributed by atoms with Crippen molar-refractivity contribution in [2.75, 3.05) is 45.9 Å². The van der Waals surface area contributed by atoms with E-state index >= 15 is 0 Å². The molecule has 190 valence electrons. The average Bonchev–Trinajstić information content (AvgIpc) is 3.07. The third kappa shape index (κ3) is 5.69. The number of amides is 1. The number of benzene rings is 1. The van der Waals surface area contributed by atoms with Crippen molar-refractivity contribution in [2.24, 2.45) is 11.8 Å². The van der Waals surface area contributed by atoms with Crippen LogP contribution < -0.4 is 14.8 Å². The maximum absolute atomic E-state index is 13.2. The van der Waals surface area contributed by atoms with Crippen molar-refractivity contribution in [3.8, 4) is 11.5 Å². The zero-order valence-corrected chi connectivity index (χ0v) is 21.5. The average molecular weight is 494 g/mol. The Bertz CT molecular complexity index is 973. The van der Waals surface area contributed by atoms with E-state index in [-0.39, 0.29) is 22.3 Å². The number of carbonyl (C=O) groups is 1. The smallest absolute Gasteiger partial charge is 0.243 e. The number of sulfonamides is 1. The molecule has 0 radical (unpaired) electrons. The molecule has 1 N–H and O–H groups in total. The SMILES string of the molecule is CC1CCCN(C(C)(C)CNC(=O)C2CCN(S(=O)(=O)c3ccc4c(c3)OCCCO4)CC2)C1. The first-order chi connectivity index (χ1) is 16.2. The number of likely N-dealkylation sites (tertiary alicyclic amines) is 1. The minimum atomic E-state index is -3.65. The lowest BCUT2D eigenvalue weighted by Crippen LogP contribution is -2.55. The summed E-state index contributed by atoms with van der Waals surface area (Å²) in [7, 11) is -3.65. The summed E-state index contributed by atoms with van der Waals surface area (Å²) in [4.78, 5) is 15.6. The van der Waals surface area contributed by atoms with E-state index in [0.717, 1.165) is 19.5 Å². The van der Waals surface area contributed by atoms with Crippen LogP contribution in [0, 0.1) is 11.8 Å². The molecule has 8 nitrogen and oxygen atoms in total. The van der Waals surface area contributed by atoms with E-state index in [1.807, 2.05) is 0 Å².